The Bertz CT molecular complexity index is 1070. The monoisotopic (exact) mass is 315 g/mol. The molecule has 0 radical (unpaired) electrons. The standard InChI is InChI=1S/C20H17N3O/c1-13-21-18-16-8-4-5-9-17(16)24-19(18)20(22-13)23-11-10-14-6-2-3-7-15(14)12-23/h2-9H,10-12H2,1H3. The van der Waals surface area contributed by atoms with Crippen LogP contribution < -0.4 is 4.90 Å². The summed E-state index contributed by atoms with van der Waals surface area (Å²) in [6.07, 6.45) is 1.03. The number of fused-ring (bicyclic) bond motifs is 4. The molecule has 0 saturated carbocycles. The smallest absolute Gasteiger partial charge is 0.196 e. The second-order valence-electron chi connectivity index (χ2n) is 6.31. The van der Waals surface area contributed by atoms with Gasteiger partial charge >= 0.3 is 0 Å². The molecule has 0 amide bonds. The zero-order valence-corrected chi connectivity index (χ0v) is 13.5. The van der Waals surface area contributed by atoms with Crippen LogP contribution >= 0.6 is 0 Å². The second-order valence-corrected chi connectivity index (χ2v) is 6.31. The van der Waals surface area contributed by atoms with Crippen molar-refractivity contribution in [1.29, 1.82) is 0 Å². The number of para-hydroxylation sites is 1. The van der Waals surface area contributed by atoms with E-state index < -0.39 is 0 Å². The fourth-order valence-corrected chi connectivity index (χ4v) is 3.58. The Balaban J connectivity index is 1.70. The van der Waals surface area contributed by atoms with Gasteiger partial charge in [-0.1, -0.05) is 36.4 Å². The van der Waals surface area contributed by atoms with Crippen molar-refractivity contribution in [2.75, 3.05) is 11.4 Å². The number of hydrogen-bond acceptors (Lipinski definition) is 4. The van der Waals surface area contributed by atoms with Gasteiger partial charge in [0.25, 0.3) is 0 Å². The minimum absolute atomic E-state index is 0.780. The first kappa shape index (κ1) is 13.5. The number of aromatic nitrogens is 2. The molecule has 0 fully saturated rings. The molecule has 1 aliphatic heterocycles. The molecule has 2 aromatic heterocycles. The highest BCUT2D eigenvalue weighted by atomic mass is 16.3. The first-order chi connectivity index (χ1) is 11.8. The van der Waals surface area contributed by atoms with Gasteiger partial charge in [-0.05, 0) is 36.6 Å². The van der Waals surface area contributed by atoms with Crippen molar-refractivity contribution < 1.29 is 4.42 Å². The molecule has 0 N–H and O–H groups in total. The van der Waals surface area contributed by atoms with Crippen molar-refractivity contribution in [2.24, 2.45) is 0 Å². The fraction of sp³-hybridized carbons (Fsp3) is 0.200. The number of benzene rings is 2. The number of anilines is 1. The molecular formula is C20H17N3O. The minimum atomic E-state index is 0.780. The van der Waals surface area contributed by atoms with Crippen molar-refractivity contribution in [3.63, 3.8) is 0 Å². The molecule has 0 atom stereocenters. The predicted molar refractivity (Wildman–Crippen MR) is 95.2 cm³/mol. The average Bonchev–Trinajstić information content (AvgIpc) is 2.99. The highest BCUT2D eigenvalue weighted by Gasteiger charge is 2.22. The SMILES string of the molecule is Cc1nc(N2CCc3ccccc3C2)c2oc3ccccc3c2n1. The van der Waals surface area contributed by atoms with Crippen molar-refractivity contribution in [2.45, 2.75) is 19.9 Å². The summed E-state index contributed by atoms with van der Waals surface area (Å²) in [5.41, 5.74) is 5.36. The van der Waals surface area contributed by atoms with E-state index in [0.29, 0.717) is 0 Å². The highest BCUT2D eigenvalue weighted by Crippen LogP contribution is 2.34. The fourth-order valence-electron chi connectivity index (χ4n) is 3.58. The first-order valence-electron chi connectivity index (χ1n) is 8.27. The van der Waals surface area contributed by atoms with Gasteiger partial charge in [0, 0.05) is 18.5 Å². The maximum atomic E-state index is 6.11. The number of hydrogen-bond donors (Lipinski definition) is 0. The molecule has 118 valence electrons. The predicted octanol–water partition coefficient (Wildman–Crippen LogP) is 4.25. The maximum absolute atomic E-state index is 6.11. The molecular weight excluding hydrogens is 298 g/mol. The molecule has 0 bridgehead atoms. The zero-order chi connectivity index (χ0) is 16.1. The molecule has 3 heterocycles. The van der Waals surface area contributed by atoms with Crippen LogP contribution in [0.15, 0.2) is 52.9 Å². The summed E-state index contributed by atoms with van der Waals surface area (Å²) in [6.45, 7) is 3.75. The summed E-state index contributed by atoms with van der Waals surface area (Å²) < 4.78 is 6.11. The molecule has 0 spiro atoms. The van der Waals surface area contributed by atoms with Crippen LogP contribution in [-0.2, 0) is 13.0 Å². The third kappa shape index (κ3) is 1.99. The van der Waals surface area contributed by atoms with E-state index in [0.717, 1.165) is 53.2 Å². The van der Waals surface area contributed by atoms with Gasteiger partial charge < -0.3 is 9.32 Å². The summed E-state index contributed by atoms with van der Waals surface area (Å²) in [6, 6.07) is 16.7. The number of aryl methyl sites for hydroxylation is 1. The van der Waals surface area contributed by atoms with Gasteiger partial charge in [-0.25, -0.2) is 9.97 Å². The lowest BCUT2D eigenvalue weighted by atomic mass is 10.00. The molecule has 1 aliphatic rings. The Kier molecular flexibility index (Phi) is 2.86. The third-order valence-corrected chi connectivity index (χ3v) is 4.74. The normalized spacial score (nSPS) is 14.3. The summed E-state index contributed by atoms with van der Waals surface area (Å²) in [5, 5.41) is 1.05. The molecule has 4 aromatic rings. The van der Waals surface area contributed by atoms with Crippen molar-refractivity contribution in [3.8, 4) is 0 Å². The molecule has 24 heavy (non-hydrogen) atoms. The second kappa shape index (κ2) is 5.06. The van der Waals surface area contributed by atoms with Gasteiger partial charge in [-0.15, -0.1) is 0 Å². The lowest BCUT2D eigenvalue weighted by Crippen LogP contribution is -2.31. The van der Waals surface area contributed by atoms with Crippen LogP contribution in [-0.4, -0.2) is 16.5 Å². The van der Waals surface area contributed by atoms with Gasteiger partial charge in [-0.2, -0.15) is 0 Å². The van der Waals surface area contributed by atoms with E-state index in [1.165, 1.54) is 11.1 Å². The van der Waals surface area contributed by atoms with Crippen LogP contribution in [0.1, 0.15) is 17.0 Å². The number of rotatable bonds is 1. The quantitative estimate of drug-likeness (QED) is 0.527. The Morgan fingerprint density at radius 1 is 0.958 bits per heavy atom. The van der Waals surface area contributed by atoms with Crippen LogP contribution in [0, 0.1) is 6.92 Å². The van der Waals surface area contributed by atoms with Crippen LogP contribution in [0.25, 0.3) is 22.1 Å². The molecule has 4 nitrogen and oxygen atoms in total. The van der Waals surface area contributed by atoms with Gasteiger partial charge in [0.1, 0.15) is 16.9 Å². The van der Waals surface area contributed by atoms with Crippen molar-refractivity contribution in [1.82, 2.24) is 9.97 Å². The van der Waals surface area contributed by atoms with E-state index in [-0.39, 0.29) is 0 Å². The molecule has 0 aliphatic carbocycles. The van der Waals surface area contributed by atoms with E-state index in [1.54, 1.807) is 0 Å². The Labute approximate surface area is 139 Å². The Morgan fingerprint density at radius 2 is 1.75 bits per heavy atom. The Morgan fingerprint density at radius 3 is 2.67 bits per heavy atom. The van der Waals surface area contributed by atoms with Crippen molar-refractivity contribution in [3.05, 3.63) is 65.5 Å². The molecule has 0 unspecified atom stereocenters. The summed E-state index contributed by atoms with van der Waals surface area (Å²) >= 11 is 0. The van der Waals surface area contributed by atoms with E-state index in [2.05, 4.69) is 40.2 Å². The lowest BCUT2D eigenvalue weighted by Gasteiger charge is -2.29. The third-order valence-electron chi connectivity index (χ3n) is 4.74. The highest BCUT2D eigenvalue weighted by molar-refractivity contribution is 6.05. The van der Waals surface area contributed by atoms with Gasteiger partial charge in [0.2, 0.25) is 0 Å². The first-order valence-corrected chi connectivity index (χ1v) is 8.27. The van der Waals surface area contributed by atoms with E-state index in [9.17, 15) is 0 Å². The number of furan rings is 1. The molecule has 5 rings (SSSR count). The summed E-state index contributed by atoms with van der Waals surface area (Å²) in [7, 11) is 0. The van der Waals surface area contributed by atoms with E-state index in [1.807, 2.05) is 25.1 Å². The zero-order valence-electron chi connectivity index (χ0n) is 13.5. The van der Waals surface area contributed by atoms with Crippen LogP contribution in [0.5, 0.6) is 0 Å². The van der Waals surface area contributed by atoms with Crippen LogP contribution in [0.4, 0.5) is 5.82 Å². The average molecular weight is 315 g/mol. The van der Waals surface area contributed by atoms with Gasteiger partial charge in [0.15, 0.2) is 11.4 Å². The van der Waals surface area contributed by atoms with Crippen molar-refractivity contribution >= 4 is 27.9 Å². The maximum Gasteiger partial charge on any atom is 0.196 e. The number of nitrogens with zero attached hydrogens (tertiary/aromatic N) is 3. The topological polar surface area (TPSA) is 42.2 Å². The van der Waals surface area contributed by atoms with Gasteiger partial charge in [-0.3, -0.25) is 0 Å². The van der Waals surface area contributed by atoms with Crippen LogP contribution in [0.2, 0.25) is 0 Å². The largest absolute Gasteiger partial charge is 0.450 e. The van der Waals surface area contributed by atoms with Crippen LogP contribution in [0.3, 0.4) is 0 Å². The molecule has 4 heteroatoms. The lowest BCUT2D eigenvalue weighted by molar-refractivity contribution is 0.651. The van der Waals surface area contributed by atoms with Gasteiger partial charge in [0.05, 0.1) is 0 Å². The Hall–Kier alpha value is -2.88. The summed E-state index contributed by atoms with van der Waals surface area (Å²) in [4.78, 5) is 11.7. The molecule has 2 aromatic carbocycles. The van der Waals surface area contributed by atoms with E-state index in [4.69, 9.17) is 9.40 Å². The summed E-state index contributed by atoms with van der Waals surface area (Å²) in [5.74, 6) is 1.69. The van der Waals surface area contributed by atoms with E-state index >= 15 is 0 Å². The molecule has 0 saturated heterocycles. The minimum Gasteiger partial charge on any atom is -0.450 e.